The molecule has 0 heterocycles. The Kier molecular flexibility index (Phi) is 2.33. The molecular formula is C11H9BrO2. The third-order valence-corrected chi connectivity index (χ3v) is 2.71. The molecule has 0 radical (unpaired) electrons. The van der Waals surface area contributed by atoms with Crippen LogP contribution < -0.4 is 4.74 Å². The molecule has 0 aliphatic carbocycles. The molecule has 0 aromatic heterocycles. The second kappa shape index (κ2) is 3.50. The van der Waals surface area contributed by atoms with Gasteiger partial charge in [-0.05, 0) is 51.0 Å². The lowest BCUT2D eigenvalue weighted by Gasteiger charge is -2.05. The SMILES string of the molecule is COc1cc2cc(O)ccc2cc1Br. The highest BCUT2D eigenvalue weighted by atomic mass is 79.9. The van der Waals surface area contributed by atoms with Gasteiger partial charge < -0.3 is 9.84 Å². The molecule has 0 fully saturated rings. The smallest absolute Gasteiger partial charge is 0.133 e. The van der Waals surface area contributed by atoms with E-state index < -0.39 is 0 Å². The summed E-state index contributed by atoms with van der Waals surface area (Å²) in [5.41, 5.74) is 0. The summed E-state index contributed by atoms with van der Waals surface area (Å²) in [6.07, 6.45) is 0. The van der Waals surface area contributed by atoms with Crippen molar-refractivity contribution in [1.82, 2.24) is 0 Å². The van der Waals surface area contributed by atoms with Crippen LogP contribution in [0.25, 0.3) is 10.8 Å². The molecule has 0 spiro atoms. The molecule has 2 aromatic rings. The van der Waals surface area contributed by atoms with Gasteiger partial charge in [-0.1, -0.05) is 6.07 Å². The maximum Gasteiger partial charge on any atom is 0.133 e. The first kappa shape index (κ1) is 9.34. The third-order valence-electron chi connectivity index (χ3n) is 2.09. The van der Waals surface area contributed by atoms with Crippen molar-refractivity contribution in [3.63, 3.8) is 0 Å². The Morgan fingerprint density at radius 3 is 2.64 bits per heavy atom. The number of methoxy groups -OCH3 is 1. The van der Waals surface area contributed by atoms with Crippen LogP contribution in [0.5, 0.6) is 11.5 Å². The molecule has 14 heavy (non-hydrogen) atoms. The van der Waals surface area contributed by atoms with Gasteiger partial charge in [0, 0.05) is 0 Å². The predicted molar refractivity (Wildman–Crippen MR) is 59.9 cm³/mol. The van der Waals surface area contributed by atoms with Gasteiger partial charge in [0.25, 0.3) is 0 Å². The molecule has 2 rings (SSSR count). The van der Waals surface area contributed by atoms with Crippen LogP contribution in [0.1, 0.15) is 0 Å². The topological polar surface area (TPSA) is 29.5 Å². The molecule has 0 unspecified atom stereocenters. The van der Waals surface area contributed by atoms with Crippen molar-refractivity contribution < 1.29 is 9.84 Å². The van der Waals surface area contributed by atoms with Gasteiger partial charge >= 0.3 is 0 Å². The van der Waals surface area contributed by atoms with Crippen LogP contribution in [0, 0.1) is 0 Å². The number of benzene rings is 2. The normalized spacial score (nSPS) is 10.4. The molecular weight excluding hydrogens is 244 g/mol. The van der Waals surface area contributed by atoms with Gasteiger partial charge in [0.15, 0.2) is 0 Å². The molecule has 0 aliphatic rings. The lowest BCUT2D eigenvalue weighted by Crippen LogP contribution is -1.84. The fourth-order valence-electron chi connectivity index (χ4n) is 1.39. The van der Waals surface area contributed by atoms with E-state index in [1.807, 2.05) is 18.2 Å². The van der Waals surface area contributed by atoms with E-state index in [1.165, 1.54) is 0 Å². The Hall–Kier alpha value is -1.22. The maximum atomic E-state index is 9.31. The van der Waals surface area contributed by atoms with Gasteiger partial charge in [-0.2, -0.15) is 0 Å². The van der Waals surface area contributed by atoms with Crippen LogP contribution in [0.15, 0.2) is 34.8 Å². The number of fused-ring (bicyclic) bond motifs is 1. The minimum atomic E-state index is 0.266. The van der Waals surface area contributed by atoms with E-state index in [2.05, 4.69) is 15.9 Å². The van der Waals surface area contributed by atoms with Crippen LogP contribution in [0.4, 0.5) is 0 Å². The first-order chi connectivity index (χ1) is 6.70. The molecule has 3 heteroatoms. The Morgan fingerprint density at radius 2 is 1.93 bits per heavy atom. The van der Waals surface area contributed by atoms with Crippen molar-refractivity contribution in [3.8, 4) is 11.5 Å². The van der Waals surface area contributed by atoms with Crippen LogP contribution in [0.3, 0.4) is 0 Å². The first-order valence-electron chi connectivity index (χ1n) is 4.17. The number of aromatic hydroxyl groups is 1. The van der Waals surface area contributed by atoms with Crippen molar-refractivity contribution in [2.75, 3.05) is 7.11 Å². The van der Waals surface area contributed by atoms with Gasteiger partial charge in [0.2, 0.25) is 0 Å². The lowest BCUT2D eigenvalue weighted by molar-refractivity contribution is 0.413. The minimum absolute atomic E-state index is 0.266. The summed E-state index contributed by atoms with van der Waals surface area (Å²) >= 11 is 3.41. The molecule has 72 valence electrons. The van der Waals surface area contributed by atoms with Crippen LogP contribution in [-0.4, -0.2) is 12.2 Å². The number of hydrogen-bond donors (Lipinski definition) is 1. The summed E-state index contributed by atoms with van der Waals surface area (Å²) in [7, 11) is 1.62. The van der Waals surface area contributed by atoms with Gasteiger partial charge in [-0.3, -0.25) is 0 Å². The quantitative estimate of drug-likeness (QED) is 0.844. The molecule has 0 amide bonds. The van der Waals surface area contributed by atoms with E-state index in [1.54, 1.807) is 19.2 Å². The highest BCUT2D eigenvalue weighted by molar-refractivity contribution is 9.10. The van der Waals surface area contributed by atoms with Crippen molar-refractivity contribution in [2.45, 2.75) is 0 Å². The van der Waals surface area contributed by atoms with E-state index in [4.69, 9.17) is 4.74 Å². The van der Waals surface area contributed by atoms with Crippen molar-refractivity contribution in [1.29, 1.82) is 0 Å². The largest absolute Gasteiger partial charge is 0.508 e. The maximum absolute atomic E-state index is 9.31. The number of rotatable bonds is 1. The number of hydrogen-bond acceptors (Lipinski definition) is 2. The fraction of sp³-hybridized carbons (Fsp3) is 0.0909. The van der Waals surface area contributed by atoms with Crippen molar-refractivity contribution in [3.05, 3.63) is 34.8 Å². The number of halogens is 1. The van der Waals surface area contributed by atoms with Crippen molar-refractivity contribution in [2.24, 2.45) is 0 Å². The summed E-state index contributed by atoms with van der Waals surface area (Å²) in [4.78, 5) is 0. The van der Waals surface area contributed by atoms with Gasteiger partial charge in [-0.25, -0.2) is 0 Å². The van der Waals surface area contributed by atoms with Gasteiger partial charge in [0.05, 0.1) is 11.6 Å². The zero-order chi connectivity index (χ0) is 10.1. The predicted octanol–water partition coefficient (Wildman–Crippen LogP) is 3.32. The van der Waals surface area contributed by atoms with Crippen LogP contribution in [-0.2, 0) is 0 Å². The molecule has 0 saturated heterocycles. The Labute approximate surface area is 90.3 Å². The second-order valence-electron chi connectivity index (χ2n) is 3.02. The average molecular weight is 253 g/mol. The summed E-state index contributed by atoms with van der Waals surface area (Å²) in [5, 5.41) is 11.3. The molecule has 0 aliphatic heterocycles. The van der Waals surface area contributed by atoms with E-state index in [-0.39, 0.29) is 5.75 Å². The van der Waals surface area contributed by atoms with Crippen molar-refractivity contribution >= 4 is 26.7 Å². The Bertz CT molecular complexity index is 480. The highest BCUT2D eigenvalue weighted by Crippen LogP contribution is 2.31. The standard InChI is InChI=1S/C11H9BrO2/c1-14-11-6-8-4-9(13)3-2-7(8)5-10(11)12/h2-6,13H,1H3. The molecule has 0 atom stereocenters. The monoisotopic (exact) mass is 252 g/mol. The Balaban J connectivity index is 2.73. The molecule has 0 saturated carbocycles. The van der Waals surface area contributed by atoms with Gasteiger partial charge in [-0.15, -0.1) is 0 Å². The van der Waals surface area contributed by atoms with E-state index >= 15 is 0 Å². The number of phenolic OH excluding ortho intramolecular Hbond substituents is 1. The molecule has 1 N–H and O–H groups in total. The van der Waals surface area contributed by atoms with E-state index in [0.717, 1.165) is 21.0 Å². The van der Waals surface area contributed by atoms with Crippen LogP contribution in [0.2, 0.25) is 0 Å². The number of ether oxygens (including phenoxy) is 1. The summed E-state index contributed by atoms with van der Waals surface area (Å²) < 4.78 is 6.08. The fourth-order valence-corrected chi connectivity index (χ4v) is 1.92. The first-order valence-corrected chi connectivity index (χ1v) is 4.96. The average Bonchev–Trinajstić information content (AvgIpc) is 2.17. The summed E-state index contributed by atoms with van der Waals surface area (Å²) in [6, 6.07) is 9.10. The molecule has 0 bridgehead atoms. The van der Waals surface area contributed by atoms with E-state index in [9.17, 15) is 5.11 Å². The van der Waals surface area contributed by atoms with E-state index in [0.29, 0.717) is 0 Å². The molecule has 2 nitrogen and oxygen atoms in total. The zero-order valence-electron chi connectivity index (χ0n) is 7.62. The third kappa shape index (κ3) is 1.55. The van der Waals surface area contributed by atoms with Gasteiger partial charge in [0.1, 0.15) is 11.5 Å². The van der Waals surface area contributed by atoms with Crippen LogP contribution >= 0.6 is 15.9 Å². The Morgan fingerprint density at radius 1 is 1.14 bits per heavy atom. The summed E-state index contributed by atoms with van der Waals surface area (Å²) in [6.45, 7) is 0. The molecule has 2 aromatic carbocycles. The summed E-state index contributed by atoms with van der Waals surface area (Å²) in [5.74, 6) is 1.03. The highest BCUT2D eigenvalue weighted by Gasteiger charge is 2.02. The minimum Gasteiger partial charge on any atom is -0.508 e. The lowest BCUT2D eigenvalue weighted by atomic mass is 10.1. The zero-order valence-corrected chi connectivity index (χ0v) is 9.21. The number of phenols is 1. The second-order valence-corrected chi connectivity index (χ2v) is 3.87.